The van der Waals surface area contributed by atoms with Gasteiger partial charge in [0.25, 0.3) is 0 Å². The van der Waals surface area contributed by atoms with E-state index < -0.39 is 0 Å². The second-order valence-corrected chi connectivity index (χ2v) is 4.82. The molecule has 2 nitrogen and oxygen atoms in total. The molecular formula is C11H23NOS. The van der Waals surface area contributed by atoms with Crippen LogP contribution in [0.4, 0.5) is 0 Å². The summed E-state index contributed by atoms with van der Waals surface area (Å²) in [4.78, 5) is 2.52. The minimum absolute atomic E-state index is 0.648. The van der Waals surface area contributed by atoms with Crippen molar-refractivity contribution >= 4 is 12.6 Å². The first-order chi connectivity index (χ1) is 6.74. The van der Waals surface area contributed by atoms with E-state index in [9.17, 15) is 0 Å². The van der Waals surface area contributed by atoms with Crippen molar-refractivity contribution in [2.75, 3.05) is 32.1 Å². The van der Waals surface area contributed by atoms with Gasteiger partial charge in [0.05, 0.1) is 13.2 Å². The summed E-state index contributed by atoms with van der Waals surface area (Å²) < 4.78 is 5.45. The molecule has 0 aromatic rings. The number of hydrogen-bond acceptors (Lipinski definition) is 3. The van der Waals surface area contributed by atoms with Crippen molar-refractivity contribution in [1.29, 1.82) is 0 Å². The number of hydrogen-bond donors (Lipinski definition) is 1. The van der Waals surface area contributed by atoms with Gasteiger partial charge in [0.15, 0.2) is 0 Å². The van der Waals surface area contributed by atoms with E-state index in [4.69, 9.17) is 4.74 Å². The number of thiol groups is 1. The van der Waals surface area contributed by atoms with Gasteiger partial charge >= 0.3 is 0 Å². The summed E-state index contributed by atoms with van der Waals surface area (Å²) in [6.45, 7) is 8.50. The van der Waals surface area contributed by atoms with E-state index in [1.165, 1.54) is 19.4 Å². The van der Waals surface area contributed by atoms with Crippen LogP contribution in [0.2, 0.25) is 0 Å². The Morgan fingerprint density at radius 3 is 2.57 bits per heavy atom. The third-order valence-electron chi connectivity index (χ3n) is 2.68. The molecule has 84 valence electrons. The molecule has 0 amide bonds. The zero-order chi connectivity index (χ0) is 10.4. The predicted octanol–water partition coefficient (Wildman–Crippen LogP) is 2.05. The molecule has 1 rings (SSSR count). The number of nitrogens with zero attached hydrogens (tertiary/aromatic N) is 1. The molecule has 1 aliphatic carbocycles. The summed E-state index contributed by atoms with van der Waals surface area (Å²) in [7, 11) is 0. The topological polar surface area (TPSA) is 12.5 Å². The van der Waals surface area contributed by atoms with Gasteiger partial charge in [-0.15, -0.1) is 0 Å². The highest BCUT2D eigenvalue weighted by atomic mass is 32.1. The van der Waals surface area contributed by atoms with Gasteiger partial charge in [-0.1, -0.05) is 0 Å². The van der Waals surface area contributed by atoms with Crippen molar-refractivity contribution in [1.82, 2.24) is 4.90 Å². The maximum Gasteiger partial charge on any atom is 0.0593 e. The van der Waals surface area contributed by atoms with Gasteiger partial charge in [0.2, 0.25) is 0 Å². The molecular weight excluding hydrogens is 194 g/mol. The van der Waals surface area contributed by atoms with Crippen LogP contribution in [0.25, 0.3) is 0 Å². The van der Waals surface area contributed by atoms with Crippen molar-refractivity contribution in [2.24, 2.45) is 5.92 Å². The lowest BCUT2D eigenvalue weighted by atomic mass is 10.3. The summed E-state index contributed by atoms with van der Waals surface area (Å²) >= 11 is 4.11. The molecule has 3 heteroatoms. The summed E-state index contributed by atoms with van der Waals surface area (Å²) in [5.74, 6) is 1.80. The minimum Gasteiger partial charge on any atom is -0.379 e. The third kappa shape index (κ3) is 5.23. The quantitative estimate of drug-likeness (QED) is 0.493. The lowest BCUT2D eigenvalue weighted by molar-refractivity contribution is 0.100. The van der Waals surface area contributed by atoms with Crippen molar-refractivity contribution in [3.05, 3.63) is 0 Å². The Balaban J connectivity index is 2.07. The van der Waals surface area contributed by atoms with Crippen LogP contribution in [-0.4, -0.2) is 43.0 Å². The molecule has 0 saturated heterocycles. The van der Waals surface area contributed by atoms with Crippen LogP contribution in [-0.2, 0) is 4.74 Å². The van der Waals surface area contributed by atoms with E-state index in [2.05, 4.69) is 31.4 Å². The van der Waals surface area contributed by atoms with Gasteiger partial charge in [-0.05, 0) is 32.6 Å². The van der Waals surface area contributed by atoms with Crippen molar-refractivity contribution in [3.63, 3.8) is 0 Å². The monoisotopic (exact) mass is 217 g/mol. The van der Waals surface area contributed by atoms with E-state index in [-0.39, 0.29) is 0 Å². The second-order valence-electron chi connectivity index (χ2n) is 4.37. The molecule has 1 fully saturated rings. The van der Waals surface area contributed by atoms with Crippen LogP contribution in [0.5, 0.6) is 0 Å². The number of rotatable bonds is 8. The standard InChI is InChI=1S/C11H23NOS/c1-10(2)12(9-11-3-4-11)5-6-13-7-8-14/h10-11,14H,3-9H2,1-2H3. The average molecular weight is 217 g/mol. The number of ether oxygens (including phenoxy) is 1. The Labute approximate surface area is 93.4 Å². The molecule has 0 N–H and O–H groups in total. The molecule has 0 spiro atoms. The van der Waals surface area contributed by atoms with Crippen LogP contribution in [0.3, 0.4) is 0 Å². The van der Waals surface area contributed by atoms with Gasteiger partial charge < -0.3 is 4.74 Å². The molecule has 0 aromatic heterocycles. The van der Waals surface area contributed by atoms with Gasteiger partial charge in [-0.25, -0.2) is 0 Å². The Hall–Kier alpha value is 0.270. The minimum atomic E-state index is 0.648. The molecule has 0 radical (unpaired) electrons. The van der Waals surface area contributed by atoms with Crippen LogP contribution >= 0.6 is 12.6 Å². The smallest absolute Gasteiger partial charge is 0.0593 e. The molecule has 0 aromatic carbocycles. The zero-order valence-electron chi connectivity index (χ0n) is 9.41. The van der Waals surface area contributed by atoms with E-state index >= 15 is 0 Å². The van der Waals surface area contributed by atoms with E-state index in [1.54, 1.807) is 0 Å². The maximum atomic E-state index is 5.45. The van der Waals surface area contributed by atoms with Crippen LogP contribution in [0.1, 0.15) is 26.7 Å². The first-order valence-electron chi connectivity index (χ1n) is 5.66. The Kier molecular flexibility index (Phi) is 5.90. The highest BCUT2D eigenvalue weighted by Crippen LogP contribution is 2.30. The third-order valence-corrected chi connectivity index (χ3v) is 2.86. The fourth-order valence-electron chi connectivity index (χ4n) is 1.54. The highest BCUT2D eigenvalue weighted by Gasteiger charge is 2.25. The van der Waals surface area contributed by atoms with Crippen LogP contribution in [0, 0.1) is 5.92 Å². The Morgan fingerprint density at radius 2 is 2.07 bits per heavy atom. The second kappa shape index (κ2) is 6.70. The van der Waals surface area contributed by atoms with Crippen molar-refractivity contribution in [3.8, 4) is 0 Å². The van der Waals surface area contributed by atoms with Crippen LogP contribution < -0.4 is 0 Å². The van der Waals surface area contributed by atoms with E-state index in [0.717, 1.165) is 31.4 Å². The average Bonchev–Trinajstić information content (AvgIpc) is 2.93. The SMILES string of the molecule is CC(C)N(CCOCCS)CC1CC1. The molecule has 1 aliphatic rings. The van der Waals surface area contributed by atoms with E-state index in [0.29, 0.717) is 6.04 Å². The summed E-state index contributed by atoms with van der Waals surface area (Å²) in [6.07, 6.45) is 2.86. The fourth-order valence-corrected chi connectivity index (χ4v) is 1.67. The molecule has 0 atom stereocenters. The predicted molar refractivity (Wildman–Crippen MR) is 64.1 cm³/mol. The fraction of sp³-hybridized carbons (Fsp3) is 1.00. The maximum absolute atomic E-state index is 5.45. The van der Waals surface area contributed by atoms with Gasteiger partial charge in [0.1, 0.15) is 0 Å². The van der Waals surface area contributed by atoms with Gasteiger partial charge in [0, 0.05) is 24.9 Å². The molecule has 0 aliphatic heterocycles. The normalized spacial score (nSPS) is 16.9. The summed E-state index contributed by atoms with van der Waals surface area (Å²) in [5, 5.41) is 0. The van der Waals surface area contributed by atoms with Crippen molar-refractivity contribution in [2.45, 2.75) is 32.7 Å². The lowest BCUT2D eigenvalue weighted by Crippen LogP contribution is -2.35. The molecule has 0 bridgehead atoms. The zero-order valence-corrected chi connectivity index (χ0v) is 10.3. The highest BCUT2D eigenvalue weighted by molar-refractivity contribution is 7.80. The summed E-state index contributed by atoms with van der Waals surface area (Å²) in [6, 6.07) is 0.648. The molecule has 0 unspecified atom stereocenters. The summed E-state index contributed by atoms with van der Waals surface area (Å²) in [5.41, 5.74) is 0. The van der Waals surface area contributed by atoms with Crippen molar-refractivity contribution < 1.29 is 4.74 Å². The first-order valence-corrected chi connectivity index (χ1v) is 6.30. The lowest BCUT2D eigenvalue weighted by Gasteiger charge is -2.26. The van der Waals surface area contributed by atoms with E-state index in [1.807, 2.05) is 0 Å². The van der Waals surface area contributed by atoms with Gasteiger partial charge in [-0.3, -0.25) is 4.90 Å². The Morgan fingerprint density at radius 1 is 1.36 bits per heavy atom. The Bertz CT molecular complexity index is 148. The largest absolute Gasteiger partial charge is 0.379 e. The van der Waals surface area contributed by atoms with Gasteiger partial charge in [-0.2, -0.15) is 12.6 Å². The molecule has 14 heavy (non-hydrogen) atoms. The molecule has 0 heterocycles. The first kappa shape index (κ1) is 12.3. The molecule has 1 saturated carbocycles. The van der Waals surface area contributed by atoms with Crippen LogP contribution in [0.15, 0.2) is 0 Å².